The summed E-state index contributed by atoms with van der Waals surface area (Å²) >= 11 is 3.51. The van der Waals surface area contributed by atoms with Crippen LogP contribution in [0.4, 0.5) is 5.82 Å². The quantitative estimate of drug-likeness (QED) is 0.743. The number of carbonyl (C=O) groups is 2. The highest BCUT2D eigenvalue weighted by Gasteiger charge is 2.38. The van der Waals surface area contributed by atoms with E-state index in [0.29, 0.717) is 23.4 Å². The molecule has 1 atom stereocenters. The van der Waals surface area contributed by atoms with E-state index in [2.05, 4.69) is 31.5 Å². The molecule has 2 N–H and O–H groups in total. The van der Waals surface area contributed by atoms with Crippen LogP contribution in [0.5, 0.6) is 0 Å². The van der Waals surface area contributed by atoms with E-state index in [-0.39, 0.29) is 11.7 Å². The molecule has 0 spiro atoms. The van der Waals surface area contributed by atoms with E-state index in [1.165, 1.54) is 0 Å². The van der Waals surface area contributed by atoms with Gasteiger partial charge in [0.15, 0.2) is 5.78 Å². The van der Waals surface area contributed by atoms with Gasteiger partial charge in [-0.1, -0.05) is 34.1 Å². The van der Waals surface area contributed by atoms with Crippen molar-refractivity contribution in [2.75, 3.05) is 5.32 Å². The van der Waals surface area contributed by atoms with E-state index in [9.17, 15) is 9.59 Å². The van der Waals surface area contributed by atoms with Gasteiger partial charge in [0.1, 0.15) is 5.82 Å². The topological polar surface area (TPSA) is 71.1 Å². The summed E-state index contributed by atoms with van der Waals surface area (Å²) in [4.78, 5) is 30.3. The van der Waals surface area contributed by atoms with Gasteiger partial charge in [0, 0.05) is 45.5 Å². The van der Waals surface area contributed by atoms with Crippen LogP contribution in [0.3, 0.4) is 0 Å². The maximum Gasteiger partial charge on any atom is 0.255 e. The second kappa shape index (κ2) is 7.72. The number of carbonyl (C=O) groups excluding carboxylic acids is 2. The number of pyridine rings is 1. The van der Waals surface area contributed by atoms with Crippen molar-refractivity contribution in [1.82, 2.24) is 10.3 Å². The number of amides is 1. The first-order valence-corrected chi connectivity index (χ1v) is 10.1. The van der Waals surface area contributed by atoms with E-state index in [0.717, 1.165) is 34.3 Å². The number of aromatic nitrogens is 1. The molecule has 1 aliphatic carbocycles. The highest BCUT2D eigenvalue weighted by atomic mass is 79.9. The molecule has 1 unspecified atom stereocenters. The molecular weight excluding hydrogens is 418 g/mol. The first kappa shape index (κ1) is 18.6. The average Bonchev–Trinajstić information content (AvgIpc) is 2.68. The van der Waals surface area contributed by atoms with Crippen molar-refractivity contribution < 1.29 is 9.59 Å². The Bertz CT molecular complexity index is 1010. The minimum absolute atomic E-state index is 0.106. The molecule has 1 aromatic carbocycles. The number of anilines is 1. The summed E-state index contributed by atoms with van der Waals surface area (Å²) in [7, 11) is 0. The van der Waals surface area contributed by atoms with Crippen molar-refractivity contribution in [2.45, 2.75) is 32.1 Å². The number of Topliss-reactive ketones (excluding diaryl/α,β-unsaturated/α-hetero) is 1. The summed E-state index contributed by atoms with van der Waals surface area (Å²) in [5.74, 6) is -0.0613. The molecule has 1 aliphatic heterocycles. The van der Waals surface area contributed by atoms with Gasteiger partial charge in [-0.3, -0.25) is 9.59 Å². The molecule has 1 aromatic heterocycles. The fourth-order valence-electron chi connectivity index (χ4n) is 3.92. The summed E-state index contributed by atoms with van der Waals surface area (Å²) in [5.41, 5.74) is 3.89. The van der Waals surface area contributed by atoms with E-state index in [1.54, 1.807) is 18.3 Å². The standard InChI is InChI=1S/C22H20BrN3O2/c1-13-19(22(28)26-18-10-2-3-11-24-18)20(14-6-4-7-15(23)12-14)21-16(25-13)8-5-9-17(21)27/h2-4,6-7,10-12,20,25H,5,8-9H2,1H3,(H,24,26,28). The lowest BCUT2D eigenvalue weighted by Gasteiger charge is -2.34. The molecule has 0 radical (unpaired) electrons. The summed E-state index contributed by atoms with van der Waals surface area (Å²) < 4.78 is 0.913. The molecule has 28 heavy (non-hydrogen) atoms. The zero-order valence-corrected chi connectivity index (χ0v) is 17.0. The molecule has 0 fully saturated rings. The van der Waals surface area contributed by atoms with Gasteiger partial charge >= 0.3 is 0 Å². The first-order chi connectivity index (χ1) is 13.5. The van der Waals surface area contributed by atoms with Crippen molar-refractivity contribution in [1.29, 1.82) is 0 Å². The lowest BCUT2D eigenvalue weighted by molar-refractivity contribution is -0.116. The number of benzene rings is 1. The normalized spacial score (nSPS) is 19.2. The smallest absolute Gasteiger partial charge is 0.255 e. The van der Waals surface area contributed by atoms with Crippen molar-refractivity contribution in [3.63, 3.8) is 0 Å². The number of halogens is 1. The van der Waals surface area contributed by atoms with Crippen LogP contribution < -0.4 is 10.6 Å². The Morgan fingerprint density at radius 1 is 1.21 bits per heavy atom. The molecule has 0 saturated carbocycles. The van der Waals surface area contributed by atoms with Crippen LogP contribution in [0.15, 0.2) is 75.7 Å². The van der Waals surface area contributed by atoms with E-state index in [1.807, 2.05) is 37.3 Å². The molecule has 2 heterocycles. The molecule has 5 nitrogen and oxygen atoms in total. The fourth-order valence-corrected chi connectivity index (χ4v) is 4.34. The number of nitrogens with zero attached hydrogens (tertiary/aromatic N) is 1. The summed E-state index contributed by atoms with van der Waals surface area (Å²) in [6.07, 6.45) is 3.79. The third kappa shape index (κ3) is 3.52. The number of rotatable bonds is 3. The van der Waals surface area contributed by atoms with Gasteiger partial charge in [-0.25, -0.2) is 4.98 Å². The van der Waals surface area contributed by atoms with Crippen LogP contribution in [-0.4, -0.2) is 16.7 Å². The van der Waals surface area contributed by atoms with Crippen LogP contribution in [0.2, 0.25) is 0 Å². The molecule has 2 aromatic rings. The Hall–Kier alpha value is -2.73. The minimum Gasteiger partial charge on any atom is -0.362 e. The maximum atomic E-state index is 13.2. The molecule has 0 bridgehead atoms. The predicted octanol–water partition coefficient (Wildman–Crippen LogP) is 4.45. The Kier molecular flexibility index (Phi) is 5.13. The molecule has 6 heteroatoms. The second-order valence-corrected chi connectivity index (χ2v) is 7.91. The Balaban J connectivity index is 1.80. The Morgan fingerprint density at radius 3 is 2.82 bits per heavy atom. The highest BCUT2D eigenvalue weighted by molar-refractivity contribution is 9.10. The van der Waals surface area contributed by atoms with Gasteiger partial charge in [0.05, 0.1) is 0 Å². The average molecular weight is 438 g/mol. The highest BCUT2D eigenvalue weighted by Crippen LogP contribution is 2.42. The van der Waals surface area contributed by atoms with Crippen LogP contribution >= 0.6 is 15.9 Å². The number of dihydropyridines is 1. The zero-order chi connectivity index (χ0) is 19.7. The second-order valence-electron chi connectivity index (χ2n) is 6.99. The van der Waals surface area contributed by atoms with Gasteiger partial charge in [0.2, 0.25) is 0 Å². The zero-order valence-electron chi connectivity index (χ0n) is 15.5. The lowest BCUT2D eigenvalue weighted by Crippen LogP contribution is -2.35. The molecular formula is C22H20BrN3O2. The Morgan fingerprint density at radius 2 is 2.07 bits per heavy atom. The van der Waals surface area contributed by atoms with Gasteiger partial charge in [0.25, 0.3) is 5.91 Å². The van der Waals surface area contributed by atoms with Crippen LogP contribution in [0, 0.1) is 0 Å². The number of hydrogen-bond donors (Lipinski definition) is 2. The van der Waals surface area contributed by atoms with Crippen LogP contribution in [0.1, 0.15) is 37.7 Å². The summed E-state index contributed by atoms with van der Waals surface area (Å²) in [6.45, 7) is 1.89. The molecule has 142 valence electrons. The number of allylic oxidation sites excluding steroid dienone is 3. The van der Waals surface area contributed by atoms with Crippen molar-refractivity contribution >= 4 is 33.4 Å². The molecule has 2 aliphatic rings. The summed E-state index contributed by atoms with van der Waals surface area (Å²) in [6, 6.07) is 13.2. The number of ketones is 1. The van der Waals surface area contributed by atoms with Crippen molar-refractivity contribution in [3.8, 4) is 0 Å². The van der Waals surface area contributed by atoms with Gasteiger partial charge in [-0.05, 0) is 49.6 Å². The van der Waals surface area contributed by atoms with E-state index >= 15 is 0 Å². The van der Waals surface area contributed by atoms with E-state index < -0.39 is 5.92 Å². The largest absolute Gasteiger partial charge is 0.362 e. The first-order valence-electron chi connectivity index (χ1n) is 9.26. The molecule has 1 amide bonds. The molecule has 0 saturated heterocycles. The van der Waals surface area contributed by atoms with Gasteiger partial charge in [-0.15, -0.1) is 0 Å². The minimum atomic E-state index is -0.398. The van der Waals surface area contributed by atoms with Gasteiger partial charge < -0.3 is 10.6 Å². The van der Waals surface area contributed by atoms with Crippen LogP contribution in [-0.2, 0) is 9.59 Å². The number of hydrogen-bond acceptors (Lipinski definition) is 4. The Labute approximate surface area is 172 Å². The number of nitrogens with one attached hydrogen (secondary N) is 2. The SMILES string of the molecule is CC1=C(C(=O)Nc2ccccn2)C(c2cccc(Br)c2)C2=C(CCCC2=O)N1. The van der Waals surface area contributed by atoms with E-state index in [4.69, 9.17) is 0 Å². The predicted molar refractivity (Wildman–Crippen MR) is 111 cm³/mol. The monoisotopic (exact) mass is 437 g/mol. The molecule has 4 rings (SSSR count). The van der Waals surface area contributed by atoms with Crippen LogP contribution in [0.25, 0.3) is 0 Å². The maximum absolute atomic E-state index is 13.2. The fraction of sp³-hybridized carbons (Fsp3) is 0.227. The lowest BCUT2D eigenvalue weighted by atomic mass is 9.75. The summed E-state index contributed by atoms with van der Waals surface area (Å²) in [5, 5.41) is 6.20. The van der Waals surface area contributed by atoms with Crippen molar-refractivity contribution in [3.05, 3.63) is 81.2 Å². The van der Waals surface area contributed by atoms with Crippen molar-refractivity contribution in [2.24, 2.45) is 0 Å². The third-order valence-electron chi connectivity index (χ3n) is 5.11. The third-order valence-corrected chi connectivity index (χ3v) is 5.60. The van der Waals surface area contributed by atoms with Gasteiger partial charge in [-0.2, -0.15) is 0 Å².